The first kappa shape index (κ1) is 20.9. The van der Waals surface area contributed by atoms with E-state index in [1.54, 1.807) is 0 Å². The number of ether oxygens (including phenoxy) is 1. The molecule has 0 aliphatic carbocycles. The maximum absolute atomic E-state index is 5.78. The van der Waals surface area contributed by atoms with Gasteiger partial charge in [0.2, 0.25) is 0 Å². The zero-order chi connectivity index (χ0) is 20.8. The summed E-state index contributed by atoms with van der Waals surface area (Å²) in [5, 5.41) is 7.36. The Kier molecular flexibility index (Phi) is 6.89. The number of aryl methyl sites for hydroxylation is 2. The number of hydrogen-bond acceptors (Lipinski definition) is 2. The van der Waals surface area contributed by atoms with Crippen molar-refractivity contribution in [2.45, 2.75) is 39.8 Å². The molecular weight excluding hydrogens is 376 g/mol. The number of rotatable bonds is 6. The van der Waals surface area contributed by atoms with Gasteiger partial charge in [0, 0.05) is 11.8 Å². The van der Waals surface area contributed by atoms with E-state index in [0.717, 1.165) is 11.4 Å². The summed E-state index contributed by atoms with van der Waals surface area (Å²) < 4.78 is 5.78. The van der Waals surface area contributed by atoms with Crippen molar-refractivity contribution in [3.63, 3.8) is 0 Å². The van der Waals surface area contributed by atoms with Gasteiger partial charge in [-0.05, 0) is 68.7 Å². The van der Waals surface area contributed by atoms with Gasteiger partial charge in [-0.25, -0.2) is 0 Å². The van der Waals surface area contributed by atoms with Crippen molar-refractivity contribution in [2.24, 2.45) is 0 Å². The van der Waals surface area contributed by atoms with E-state index in [4.69, 9.17) is 17.0 Å². The largest absolute Gasteiger partial charge is 0.491 e. The van der Waals surface area contributed by atoms with Crippen LogP contribution in [0.5, 0.6) is 5.75 Å². The van der Waals surface area contributed by atoms with Gasteiger partial charge >= 0.3 is 0 Å². The van der Waals surface area contributed by atoms with E-state index in [2.05, 4.69) is 66.9 Å². The van der Waals surface area contributed by atoms with Crippen LogP contribution < -0.4 is 15.4 Å². The Labute approximate surface area is 179 Å². The average molecular weight is 405 g/mol. The van der Waals surface area contributed by atoms with Gasteiger partial charge in [0.1, 0.15) is 5.75 Å². The van der Waals surface area contributed by atoms with Crippen LogP contribution >= 0.6 is 12.2 Å². The van der Waals surface area contributed by atoms with Crippen LogP contribution in [0.15, 0.2) is 72.8 Å². The van der Waals surface area contributed by atoms with Crippen LogP contribution in [0, 0.1) is 13.8 Å². The highest BCUT2D eigenvalue weighted by Crippen LogP contribution is 2.26. The molecular formula is C25H28N2OS. The van der Waals surface area contributed by atoms with E-state index in [9.17, 15) is 0 Å². The van der Waals surface area contributed by atoms with Crippen LogP contribution in [0.2, 0.25) is 0 Å². The molecule has 0 spiro atoms. The average Bonchev–Trinajstić information content (AvgIpc) is 2.67. The lowest BCUT2D eigenvalue weighted by atomic mass is 9.94. The third kappa shape index (κ3) is 5.81. The summed E-state index contributed by atoms with van der Waals surface area (Å²) in [6, 6.07) is 24.7. The third-order valence-corrected chi connectivity index (χ3v) is 4.83. The van der Waals surface area contributed by atoms with Crippen molar-refractivity contribution < 1.29 is 4.74 Å². The molecule has 0 fully saturated rings. The van der Waals surface area contributed by atoms with E-state index in [1.807, 2.05) is 44.2 Å². The molecule has 2 N–H and O–H groups in total. The fourth-order valence-corrected chi connectivity index (χ4v) is 3.59. The number of anilines is 1. The predicted octanol–water partition coefficient (Wildman–Crippen LogP) is 6.17. The predicted molar refractivity (Wildman–Crippen MR) is 126 cm³/mol. The van der Waals surface area contributed by atoms with Crippen LogP contribution in [0.1, 0.15) is 42.1 Å². The lowest BCUT2D eigenvalue weighted by Gasteiger charge is -2.24. The molecule has 29 heavy (non-hydrogen) atoms. The quantitative estimate of drug-likeness (QED) is 0.482. The lowest BCUT2D eigenvalue weighted by molar-refractivity contribution is 0.242. The summed E-state index contributed by atoms with van der Waals surface area (Å²) in [7, 11) is 0. The van der Waals surface area contributed by atoms with E-state index >= 15 is 0 Å². The highest BCUT2D eigenvalue weighted by molar-refractivity contribution is 7.80. The molecule has 0 aliphatic rings. The molecule has 1 atom stereocenters. The van der Waals surface area contributed by atoms with Crippen LogP contribution in [0.3, 0.4) is 0 Å². The van der Waals surface area contributed by atoms with Gasteiger partial charge < -0.3 is 15.4 Å². The molecule has 3 aromatic rings. The second-order valence-corrected chi connectivity index (χ2v) is 7.90. The van der Waals surface area contributed by atoms with Crippen molar-refractivity contribution in [3.8, 4) is 5.75 Å². The zero-order valence-corrected chi connectivity index (χ0v) is 18.2. The standard InChI is InChI=1S/C25H28N2OS/c1-17(2)28-22-12-8-11-21(16-22)26-25(29)27-24(20-9-6-5-7-10-20)23-14-13-18(3)15-19(23)4/h5-17,24H,1-4H3,(H2,26,27,29)/t24-/m0/s1. The van der Waals surface area contributed by atoms with Gasteiger partial charge in [-0.3, -0.25) is 0 Å². The first-order valence-electron chi connectivity index (χ1n) is 9.88. The molecule has 4 heteroatoms. The molecule has 3 rings (SSSR count). The third-order valence-electron chi connectivity index (χ3n) is 4.61. The number of thiocarbonyl (C=S) groups is 1. The SMILES string of the molecule is Cc1ccc([C@@H](NC(=S)Nc2cccc(OC(C)C)c2)c2ccccc2)c(C)c1. The molecule has 0 bridgehead atoms. The molecule has 0 saturated heterocycles. The summed E-state index contributed by atoms with van der Waals surface area (Å²) in [5.41, 5.74) is 5.76. The second kappa shape index (κ2) is 9.57. The van der Waals surface area contributed by atoms with Crippen molar-refractivity contribution in [3.05, 3.63) is 95.1 Å². The molecule has 0 heterocycles. The van der Waals surface area contributed by atoms with Crippen molar-refractivity contribution in [1.82, 2.24) is 5.32 Å². The Morgan fingerprint density at radius 3 is 2.34 bits per heavy atom. The van der Waals surface area contributed by atoms with E-state index in [1.165, 1.54) is 22.3 Å². The number of benzene rings is 3. The Balaban J connectivity index is 1.82. The Morgan fingerprint density at radius 2 is 1.66 bits per heavy atom. The molecule has 0 unspecified atom stereocenters. The minimum atomic E-state index is -0.0353. The second-order valence-electron chi connectivity index (χ2n) is 7.50. The Hall–Kier alpha value is -2.85. The van der Waals surface area contributed by atoms with Gasteiger partial charge in [-0.2, -0.15) is 0 Å². The van der Waals surface area contributed by atoms with Crippen molar-refractivity contribution >= 4 is 23.0 Å². The molecule has 150 valence electrons. The van der Waals surface area contributed by atoms with Gasteiger partial charge in [0.05, 0.1) is 12.1 Å². The van der Waals surface area contributed by atoms with E-state index in [0.29, 0.717) is 5.11 Å². The smallest absolute Gasteiger partial charge is 0.171 e. The molecule has 3 aromatic carbocycles. The minimum Gasteiger partial charge on any atom is -0.491 e. The van der Waals surface area contributed by atoms with Crippen molar-refractivity contribution in [2.75, 3.05) is 5.32 Å². The topological polar surface area (TPSA) is 33.3 Å². The van der Waals surface area contributed by atoms with Crippen LogP contribution in [0.4, 0.5) is 5.69 Å². The fraction of sp³-hybridized carbons (Fsp3) is 0.240. The van der Waals surface area contributed by atoms with E-state index < -0.39 is 0 Å². The number of nitrogens with one attached hydrogen (secondary N) is 2. The van der Waals surface area contributed by atoms with Crippen LogP contribution in [0.25, 0.3) is 0 Å². The summed E-state index contributed by atoms with van der Waals surface area (Å²) in [4.78, 5) is 0. The first-order chi connectivity index (χ1) is 13.9. The first-order valence-corrected chi connectivity index (χ1v) is 10.3. The molecule has 0 amide bonds. The monoisotopic (exact) mass is 404 g/mol. The molecule has 0 aromatic heterocycles. The van der Waals surface area contributed by atoms with Gasteiger partial charge in [-0.1, -0.05) is 60.2 Å². The zero-order valence-electron chi connectivity index (χ0n) is 17.4. The molecule has 0 saturated carbocycles. The normalized spacial score (nSPS) is 11.8. The van der Waals surface area contributed by atoms with E-state index in [-0.39, 0.29) is 12.1 Å². The van der Waals surface area contributed by atoms with Gasteiger partial charge in [0.25, 0.3) is 0 Å². The molecule has 3 nitrogen and oxygen atoms in total. The Morgan fingerprint density at radius 1 is 0.897 bits per heavy atom. The summed E-state index contributed by atoms with van der Waals surface area (Å²) in [6.45, 7) is 8.28. The number of hydrogen-bond donors (Lipinski definition) is 2. The van der Waals surface area contributed by atoms with Crippen LogP contribution in [-0.4, -0.2) is 11.2 Å². The van der Waals surface area contributed by atoms with Crippen molar-refractivity contribution in [1.29, 1.82) is 0 Å². The maximum atomic E-state index is 5.78. The fourth-order valence-electron chi connectivity index (χ4n) is 3.35. The van der Waals surface area contributed by atoms with Gasteiger partial charge in [0.15, 0.2) is 5.11 Å². The summed E-state index contributed by atoms with van der Waals surface area (Å²) >= 11 is 5.65. The molecule has 0 aliphatic heterocycles. The summed E-state index contributed by atoms with van der Waals surface area (Å²) in [6.07, 6.45) is 0.127. The molecule has 0 radical (unpaired) electrons. The minimum absolute atomic E-state index is 0.0353. The maximum Gasteiger partial charge on any atom is 0.171 e. The summed E-state index contributed by atoms with van der Waals surface area (Å²) in [5.74, 6) is 0.821. The Bertz CT molecular complexity index is 970. The highest BCUT2D eigenvalue weighted by Gasteiger charge is 2.17. The van der Waals surface area contributed by atoms with Gasteiger partial charge in [-0.15, -0.1) is 0 Å². The highest BCUT2D eigenvalue weighted by atomic mass is 32.1. The van der Waals surface area contributed by atoms with Crippen LogP contribution in [-0.2, 0) is 0 Å². The lowest BCUT2D eigenvalue weighted by Crippen LogP contribution is -2.33.